The summed E-state index contributed by atoms with van der Waals surface area (Å²) < 4.78 is 26.8. The molecule has 0 bridgehead atoms. The Kier molecular flexibility index (Phi) is 9.75. The van der Waals surface area contributed by atoms with Gasteiger partial charge in [-0.3, -0.25) is 13.9 Å². The summed E-state index contributed by atoms with van der Waals surface area (Å²) in [7, 11) is -3.76. The van der Waals surface area contributed by atoms with E-state index in [0.717, 1.165) is 22.5 Å². The van der Waals surface area contributed by atoms with E-state index in [1.165, 1.54) is 4.90 Å². The molecule has 0 spiro atoms. The van der Waals surface area contributed by atoms with Crippen molar-refractivity contribution in [2.24, 2.45) is 0 Å². The van der Waals surface area contributed by atoms with Crippen LogP contribution in [0.3, 0.4) is 0 Å². The summed E-state index contributed by atoms with van der Waals surface area (Å²) in [4.78, 5) is 27.7. The van der Waals surface area contributed by atoms with E-state index in [0.29, 0.717) is 15.2 Å². The number of nitrogens with zero attached hydrogens (tertiary/aromatic N) is 2. The van der Waals surface area contributed by atoms with E-state index in [1.54, 1.807) is 55.5 Å². The van der Waals surface area contributed by atoms with Gasteiger partial charge in [0.15, 0.2) is 0 Å². The zero-order valence-corrected chi connectivity index (χ0v) is 22.2. The van der Waals surface area contributed by atoms with Crippen molar-refractivity contribution in [3.8, 4) is 0 Å². The Balaban J connectivity index is 2.37. The van der Waals surface area contributed by atoms with E-state index < -0.39 is 28.5 Å². The average Bonchev–Trinajstić information content (AvgIpc) is 2.75. The fourth-order valence-electron chi connectivity index (χ4n) is 3.08. The molecule has 0 unspecified atom stereocenters. The second kappa shape index (κ2) is 11.9. The standard InChI is InChI=1S/C23H29BrClN3O4S/c1-5-16(2)26-23(30)17(3)27(14-18-9-11-20(25)12-10-18)22(29)15-28(33(4,31)32)21-8-6-7-19(24)13-21/h6-13,16-17H,5,14-15H2,1-4H3,(H,26,30)/t16-,17+/m1/s1. The Morgan fingerprint density at radius 2 is 1.76 bits per heavy atom. The molecule has 33 heavy (non-hydrogen) atoms. The van der Waals surface area contributed by atoms with Crippen LogP contribution in [-0.2, 0) is 26.2 Å². The summed E-state index contributed by atoms with van der Waals surface area (Å²) in [5.41, 5.74) is 1.12. The normalized spacial score (nSPS) is 13.2. The lowest BCUT2D eigenvalue weighted by Gasteiger charge is -2.32. The van der Waals surface area contributed by atoms with Crippen LogP contribution in [0.1, 0.15) is 32.8 Å². The Morgan fingerprint density at radius 1 is 1.12 bits per heavy atom. The fourth-order valence-corrected chi connectivity index (χ4v) is 4.43. The number of carbonyl (C=O) groups is 2. The first-order valence-electron chi connectivity index (χ1n) is 10.5. The lowest BCUT2D eigenvalue weighted by Crippen LogP contribution is -2.52. The molecule has 0 aliphatic rings. The third kappa shape index (κ3) is 8.01. The van der Waals surface area contributed by atoms with Gasteiger partial charge in [-0.2, -0.15) is 0 Å². The maximum absolute atomic E-state index is 13.4. The van der Waals surface area contributed by atoms with Crippen molar-refractivity contribution in [3.05, 3.63) is 63.6 Å². The molecule has 1 N–H and O–H groups in total. The minimum absolute atomic E-state index is 0.0541. The van der Waals surface area contributed by atoms with Crippen molar-refractivity contribution in [2.75, 3.05) is 17.1 Å². The maximum atomic E-state index is 13.4. The summed E-state index contributed by atoms with van der Waals surface area (Å²) in [6.45, 7) is 5.16. The minimum atomic E-state index is -3.76. The quantitative estimate of drug-likeness (QED) is 0.474. The van der Waals surface area contributed by atoms with E-state index in [-0.39, 0.29) is 18.5 Å². The molecule has 10 heteroatoms. The third-order valence-electron chi connectivity index (χ3n) is 5.21. The summed E-state index contributed by atoms with van der Waals surface area (Å²) in [6.07, 6.45) is 1.79. The molecule has 0 saturated heterocycles. The molecule has 0 aromatic heterocycles. The molecule has 0 fully saturated rings. The molecule has 0 aliphatic carbocycles. The first-order valence-corrected chi connectivity index (χ1v) is 13.5. The van der Waals surface area contributed by atoms with E-state index in [4.69, 9.17) is 11.6 Å². The van der Waals surface area contributed by atoms with Crippen molar-refractivity contribution in [3.63, 3.8) is 0 Å². The smallest absolute Gasteiger partial charge is 0.244 e. The lowest BCUT2D eigenvalue weighted by atomic mass is 10.1. The summed E-state index contributed by atoms with van der Waals surface area (Å²) in [5.74, 6) is -0.804. The van der Waals surface area contributed by atoms with Gasteiger partial charge in [-0.05, 0) is 56.2 Å². The van der Waals surface area contributed by atoms with Gasteiger partial charge in [0.05, 0.1) is 11.9 Å². The van der Waals surface area contributed by atoms with Gasteiger partial charge in [0.1, 0.15) is 12.6 Å². The highest BCUT2D eigenvalue weighted by Crippen LogP contribution is 2.23. The van der Waals surface area contributed by atoms with Crippen molar-refractivity contribution in [1.29, 1.82) is 0 Å². The fraction of sp³-hybridized carbons (Fsp3) is 0.391. The topological polar surface area (TPSA) is 86.8 Å². The Labute approximate surface area is 209 Å². The van der Waals surface area contributed by atoms with E-state index in [9.17, 15) is 18.0 Å². The van der Waals surface area contributed by atoms with Crippen LogP contribution in [0.5, 0.6) is 0 Å². The number of hydrogen-bond acceptors (Lipinski definition) is 4. The molecule has 0 aliphatic heterocycles. The van der Waals surface area contributed by atoms with Crippen LogP contribution in [0.4, 0.5) is 5.69 Å². The molecule has 2 atom stereocenters. The van der Waals surface area contributed by atoms with Gasteiger partial charge in [0.2, 0.25) is 21.8 Å². The molecule has 2 rings (SSSR count). The highest BCUT2D eigenvalue weighted by Gasteiger charge is 2.30. The second-order valence-corrected chi connectivity index (χ2v) is 11.2. The zero-order valence-electron chi connectivity index (χ0n) is 19.1. The van der Waals surface area contributed by atoms with Crippen LogP contribution in [0, 0.1) is 0 Å². The van der Waals surface area contributed by atoms with Gasteiger partial charge in [-0.25, -0.2) is 8.42 Å². The van der Waals surface area contributed by atoms with E-state index in [2.05, 4.69) is 21.2 Å². The Bertz CT molecular complexity index is 1080. The second-order valence-electron chi connectivity index (χ2n) is 7.89. The first-order chi connectivity index (χ1) is 15.4. The van der Waals surface area contributed by atoms with Gasteiger partial charge in [-0.1, -0.05) is 52.7 Å². The number of carbonyl (C=O) groups excluding carboxylic acids is 2. The Hall–Kier alpha value is -2.10. The van der Waals surface area contributed by atoms with Crippen molar-refractivity contribution in [2.45, 2.75) is 45.8 Å². The van der Waals surface area contributed by atoms with Crippen LogP contribution >= 0.6 is 27.5 Å². The average molecular weight is 559 g/mol. The molecule has 0 heterocycles. The zero-order chi connectivity index (χ0) is 24.8. The van der Waals surface area contributed by atoms with Crippen molar-refractivity contribution < 1.29 is 18.0 Å². The van der Waals surface area contributed by atoms with Crippen molar-refractivity contribution >= 4 is 55.1 Å². The Morgan fingerprint density at radius 3 is 2.30 bits per heavy atom. The van der Waals surface area contributed by atoms with Crippen LogP contribution in [0.25, 0.3) is 0 Å². The number of nitrogens with one attached hydrogen (secondary N) is 1. The summed E-state index contributed by atoms with van der Waals surface area (Å²) in [5, 5.41) is 3.44. The number of rotatable bonds is 10. The van der Waals surface area contributed by atoms with Gasteiger partial charge in [0, 0.05) is 22.1 Å². The van der Waals surface area contributed by atoms with Crippen LogP contribution in [0.2, 0.25) is 5.02 Å². The molecule has 0 saturated carbocycles. The van der Waals surface area contributed by atoms with Crippen LogP contribution in [0.15, 0.2) is 53.0 Å². The molecule has 2 aromatic rings. The van der Waals surface area contributed by atoms with Gasteiger partial charge < -0.3 is 10.2 Å². The SMILES string of the molecule is CC[C@@H](C)NC(=O)[C@H](C)N(Cc1ccc(Cl)cc1)C(=O)CN(c1cccc(Br)c1)S(C)(=O)=O. The largest absolute Gasteiger partial charge is 0.352 e. The monoisotopic (exact) mass is 557 g/mol. The third-order valence-corrected chi connectivity index (χ3v) is 7.10. The molecule has 2 amide bonds. The molecule has 2 aromatic carbocycles. The summed E-state index contributed by atoms with van der Waals surface area (Å²) in [6, 6.07) is 12.8. The predicted octanol–water partition coefficient (Wildman–Crippen LogP) is 4.20. The number of halogens is 2. The van der Waals surface area contributed by atoms with E-state index in [1.807, 2.05) is 13.8 Å². The molecular weight excluding hydrogens is 530 g/mol. The summed E-state index contributed by atoms with van der Waals surface area (Å²) >= 11 is 9.31. The molecule has 0 radical (unpaired) electrons. The van der Waals surface area contributed by atoms with Gasteiger partial charge >= 0.3 is 0 Å². The highest BCUT2D eigenvalue weighted by molar-refractivity contribution is 9.10. The van der Waals surface area contributed by atoms with Gasteiger partial charge in [0.25, 0.3) is 0 Å². The number of anilines is 1. The van der Waals surface area contributed by atoms with E-state index >= 15 is 0 Å². The predicted molar refractivity (Wildman–Crippen MR) is 136 cm³/mol. The molecule has 7 nitrogen and oxygen atoms in total. The van der Waals surface area contributed by atoms with Crippen LogP contribution < -0.4 is 9.62 Å². The number of sulfonamides is 1. The highest BCUT2D eigenvalue weighted by atomic mass is 79.9. The molecular formula is C23H29BrClN3O4S. The maximum Gasteiger partial charge on any atom is 0.244 e. The van der Waals surface area contributed by atoms with Crippen molar-refractivity contribution in [1.82, 2.24) is 10.2 Å². The lowest BCUT2D eigenvalue weighted by molar-refractivity contribution is -0.139. The minimum Gasteiger partial charge on any atom is -0.352 e. The number of hydrogen-bond donors (Lipinski definition) is 1. The first kappa shape index (κ1) is 27.1. The molecule has 180 valence electrons. The number of amides is 2. The number of benzene rings is 2. The van der Waals surface area contributed by atoms with Gasteiger partial charge in [-0.15, -0.1) is 0 Å². The van der Waals surface area contributed by atoms with Crippen LogP contribution in [-0.4, -0.2) is 50.0 Å².